The Bertz CT molecular complexity index is 785. The zero-order valence-corrected chi connectivity index (χ0v) is 14.3. The highest BCUT2D eigenvalue weighted by Gasteiger charge is 2.23. The van der Waals surface area contributed by atoms with Crippen LogP contribution in [0.2, 0.25) is 0 Å². The van der Waals surface area contributed by atoms with Gasteiger partial charge in [0.05, 0.1) is 5.75 Å². The smallest absolute Gasteiger partial charge is 0.185 e. The van der Waals surface area contributed by atoms with E-state index < -0.39 is 15.7 Å². The number of aromatic nitrogens is 1. The van der Waals surface area contributed by atoms with Gasteiger partial charge in [-0.05, 0) is 54.7 Å². The maximum absolute atomic E-state index is 14.4. The van der Waals surface area contributed by atoms with Gasteiger partial charge < -0.3 is 10.6 Å². The van der Waals surface area contributed by atoms with Crippen LogP contribution in [0.1, 0.15) is 17.5 Å². The Morgan fingerprint density at radius 2 is 2.30 bits per heavy atom. The van der Waals surface area contributed by atoms with Crippen molar-refractivity contribution in [3.63, 3.8) is 0 Å². The highest BCUT2D eigenvalue weighted by atomic mass is 32.2. The fourth-order valence-electron chi connectivity index (χ4n) is 2.64. The average molecular weight is 355 g/mol. The van der Waals surface area contributed by atoms with Crippen LogP contribution in [-0.4, -0.2) is 31.9 Å². The predicted molar refractivity (Wildman–Crippen MR) is 89.0 cm³/mol. The minimum atomic E-state index is -3.73. The quantitative estimate of drug-likeness (QED) is 0.861. The molecule has 5 nitrogen and oxygen atoms in total. The summed E-state index contributed by atoms with van der Waals surface area (Å²) in [6.07, 6.45) is 2.46. The largest absolute Gasteiger partial charge is 0.381 e. The number of benzene rings is 1. The van der Waals surface area contributed by atoms with E-state index in [1.807, 2.05) is 0 Å². The number of aryl methyl sites for hydroxylation is 1. The molecule has 0 saturated carbocycles. The Balaban J connectivity index is 1.86. The van der Waals surface area contributed by atoms with Crippen molar-refractivity contribution in [1.82, 2.24) is 9.69 Å². The van der Waals surface area contributed by atoms with Gasteiger partial charge in [0.15, 0.2) is 9.84 Å². The van der Waals surface area contributed by atoms with Gasteiger partial charge in [-0.2, -0.15) is 0 Å². The first-order chi connectivity index (χ1) is 11.0. The van der Waals surface area contributed by atoms with Gasteiger partial charge >= 0.3 is 0 Å². The summed E-state index contributed by atoms with van der Waals surface area (Å²) in [6.45, 7) is 3.54. The molecule has 0 spiro atoms. The molecule has 0 amide bonds. The van der Waals surface area contributed by atoms with E-state index in [1.165, 1.54) is 29.9 Å². The number of hydrogen-bond donors (Lipinski definition) is 2. The molecule has 8 heteroatoms. The van der Waals surface area contributed by atoms with E-state index in [-0.39, 0.29) is 16.7 Å². The van der Waals surface area contributed by atoms with E-state index in [1.54, 1.807) is 12.3 Å². The van der Waals surface area contributed by atoms with E-state index >= 15 is 0 Å². The van der Waals surface area contributed by atoms with Crippen LogP contribution < -0.4 is 10.6 Å². The van der Waals surface area contributed by atoms with Crippen LogP contribution in [0.15, 0.2) is 28.6 Å². The van der Waals surface area contributed by atoms with Gasteiger partial charge in [0.1, 0.15) is 10.7 Å². The van der Waals surface area contributed by atoms with Crippen LogP contribution in [0, 0.1) is 12.7 Å². The van der Waals surface area contributed by atoms with E-state index in [0.717, 1.165) is 25.1 Å². The predicted octanol–water partition coefficient (Wildman–Crippen LogP) is 2.34. The fraction of sp³-hybridized carbons (Fsp3) is 0.400. The van der Waals surface area contributed by atoms with Crippen molar-refractivity contribution in [2.45, 2.75) is 30.0 Å². The van der Waals surface area contributed by atoms with Crippen LogP contribution in [0.25, 0.3) is 0 Å². The van der Waals surface area contributed by atoms with E-state index in [0.29, 0.717) is 11.3 Å². The number of hydrogen-bond acceptors (Lipinski definition) is 6. The molecule has 1 aliphatic heterocycles. The summed E-state index contributed by atoms with van der Waals surface area (Å²) < 4.78 is 43.1. The van der Waals surface area contributed by atoms with Crippen molar-refractivity contribution in [1.29, 1.82) is 0 Å². The first-order valence-corrected chi connectivity index (χ1v) is 9.83. The van der Waals surface area contributed by atoms with Gasteiger partial charge in [-0.1, -0.05) is 0 Å². The molecule has 2 heterocycles. The summed E-state index contributed by atoms with van der Waals surface area (Å²) in [5.74, 6) is -0.952. The molecule has 1 aromatic carbocycles. The molecule has 1 fully saturated rings. The second-order valence-electron chi connectivity index (χ2n) is 5.72. The van der Waals surface area contributed by atoms with Crippen LogP contribution in [0.4, 0.5) is 10.1 Å². The molecule has 1 atom stereocenters. The second kappa shape index (κ2) is 6.54. The SMILES string of the molecule is Cc1cc(S(=O)(=O)Cc2cnsc2)c(F)cc1N[C@H]1CCNC1. The molecule has 0 aliphatic carbocycles. The van der Waals surface area contributed by atoms with Gasteiger partial charge in [0, 0.05) is 29.9 Å². The van der Waals surface area contributed by atoms with Crippen molar-refractivity contribution >= 4 is 27.1 Å². The molecule has 124 valence electrons. The minimum Gasteiger partial charge on any atom is -0.381 e. The fourth-order valence-corrected chi connectivity index (χ4v) is 4.75. The van der Waals surface area contributed by atoms with Crippen molar-refractivity contribution in [3.8, 4) is 0 Å². The molecule has 0 radical (unpaired) electrons. The highest BCUT2D eigenvalue weighted by Crippen LogP contribution is 2.27. The summed E-state index contributed by atoms with van der Waals surface area (Å²) >= 11 is 1.18. The van der Waals surface area contributed by atoms with Crippen molar-refractivity contribution in [2.24, 2.45) is 0 Å². The van der Waals surface area contributed by atoms with E-state index in [2.05, 4.69) is 15.0 Å². The number of rotatable bonds is 5. The molecule has 1 aromatic heterocycles. The topological polar surface area (TPSA) is 71.1 Å². The summed E-state index contributed by atoms with van der Waals surface area (Å²) in [5.41, 5.74) is 1.94. The molecule has 1 aliphatic rings. The molecular formula is C15H18FN3O2S2. The maximum Gasteiger partial charge on any atom is 0.185 e. The molecule has 2 aromatic rings. The third-order valence-electron chi connectivity index (χ3n) is 3.87. The third-order valence-corrected chi connectivity index (χ3v) is 6.21. The lowest BCUT2D eigenvalue weighted by Crippen LogP contribution is -2.22. The van der Waals surface area contributed by atoms with Crippen LogP contribution in [-0.2, 0) is 15.6 Å². The normalized spacial score (nSPS) is 18.3. The Hall–Kier alpha value is -1.51. The summed E-state index contributed by atoms with van der Waals surface area (Å²) in [4.78, 5) is -0.253. The Morgan fingerprint density at radius 1 is 1.48 bits per heavy atom. The van der Waals surface area contributed by atoms with Crippen LogP contribution in [0.3, 0.4) is 0 Å². The van der Waals surface area contributed by atoms with Gasteiger partial charge in [-0.25, -0.2) is 17.2 Å². The highest BCUT2D eigenvalue weighted by molar-refractivity contribution is 7.90. The van der Waals surface area contributed by atoms with Crippen LogP contribution in [0.5, 0.6) is 0 Å². The zero-order valence-electron chi connectivity index (χ0n) is 12.7. The standard InChI is InChI=1S/C15H18FN3O2S2/c1-10-4-15(23(20,21)9-11-6-18-22-8-11)13(16)5-14(10)19-12-2-3-17-7-12/h4-6,8,12,17,19H,2-3,7,9H2,1H3/t12-/m0/s1. The van der Waals surface area contributed by atoms with Crippen molar-refractivity contribution in [2.75, 3.05) is 18.4 Å². The summed E-state index contributed by atoms with van der Waals surface area (Å²) in [6, 6.07) is 2.94. The summed E-state index contributed by atoms with van der Waals surface area (Å²) in [7, 11) is -3.73. The van der Waals surface area contributed by atoms with E-state index in [9.17, 15) is 12.8 Å². The molecule has 1 saturated heterocycles. The summed E-state index contributed by atoms with van der Waals surface area (Å²) in [5, 5.41) is 8.16. The lowest BCUT2D eigenvalue weighted by atomic mass is 10.1. The first kappa shape index (κ1) is 16.4. The number of nitrogens with one attached hydrogen (secondary N) is 2. The first-order valence-electron chi connectivity index (χ1n) is 7.34. The second-order valence-corrected chi connectivity index (χ2v) is 8.34. The Labute approximate surface area is 139 Å². The number of nitrogens with zero attached hydrogens (tertiary/aromatic N) is 1. The lowest BCUT2D eigenvalue weighted by molar-refractivity contribution is 0.566. The van der Waals surface area contributed by atoms with Crippen LogP contribution >= 0.6 is 11.5 Å². The number of halogens is 1. The minimum absolute atomic E-state index is 0.237. The molecule has 0 bridgehead atoms. The molecule has 23 heavy (non-hydrogen) atoms. The molecular weight excluding hydrogens is 337 g/mol. The van der Waals surface area contributed by atoms with Gasteiger partial charge in [0.25, 0.3) is 0 Å². The lowest BCUT2D eigenvalue weighted by Gasteiger charge is -2.16. The van der Waals surface area contributed by atoms with Crippen molar-refractivity contribution in [3.05, 3.63) is 40.7 Å². The monoisotopic (exact) mass is 355 g/mol. The molecule has 2 N–H and O–H groups in total. The van der Waals surface area contributed by atoms with Gasteiger partial charge in [0.2, 0.25) is 0 Å². The zero-order chi connectivity index (χ0) is 16.4. The van der Waals surface area contributed by atoms with E-state index in [4.69, 9.17) is 0 Å². The maximum atomic E-state index is 14.4. The van der Waals surface area contributed by atoms with Gasteiger partial charge in [-0.3, -0.25) is 0 Å². The van der Waals surface area contributed by atoms with Crippen molar-refractivity contribution < 1.29 is 12.8 Å². The molecule has 3 rings (SSSR count). The number of sulfone groups is 1. The molecule has 0 unspecified atom stereocenters. The Morgan fingerprint density at radius 3 is 2.96 bits per heavy atom. The number of anilines is 1. The Kier molecular flexibility index (Phi) is 4.65. The van der Waals surface area contributed by atoms with Gasteiger partial charge in [-0.15, -0.1) is 0 Å². The average Bonchev–Trinajstić information content (AvgIpc) is 3.15. The third kappa shape index (κ3) is 3.70.